The van der Waals surface area contributed by atoms with Gasteiger partial charge in [-0.3, -0.25) is 0 Å². The molecule has 0 saturated heterocycles. The third-order valence-corrected chi connectivity index (χ3v) is 23.3. The van der Waals surface area contributed by atoms with Crippen molar-refractivity contribution in [1.29, 1.82) is 0 Å². The highest BCUT2D eigenvalue weighted by Crippen LogP contribution is 2.14. The van der Waals surface area contributed by atoms with Crippen LogP contribution in [0.5, 0.6) is 0 Å². The molecule has 0 aliphatic heterocycles. The van der Waals surface area contributed by atoms with E-state index in [-0.39, 0.29) is 0 Å². The Balaban J connectivity index is 1.90. The Kier molecular flexibility index (Phi) is 8.53. The highest BCUT2D eigenvalue weighted by molar-refractivity contribution is 7.80. The van der Waals surface area contributed by atoms with E-state index in [4.69, 9.17) is 8.23 Å². The van der Waals surface area contributed by atoms with E-state index < -0.39 is 26.2 Å². The topological polar surface area (TPSA) is 18.5 Å². The first kappa shape index (κ1) is 21.5. The zero-order valence-electron chi connectivity index (χ0n) is 16.3. The molecule has 0 aliphatic carbocycles. The lowest BCUT2D eigenvalue weighted by Gasteiger charge is -2.32. The van der Waals surface area contributed by atoms with Crippen LogP contribution >= 0.6 is 12.6 Å². The van der Waals surface area contributed by atoms with Crippen molar-refractivity contribution < 1.29 is 8.23 Å². The van der Waals surface area contributed by atoms with Gasteiger partial charge < -0.3 is 8.23 Å². The number of rotatable bonds is 10. The highest BCUT2D eigenvalue weighted by Gasteiger charge is 2.37. The number of thiol groups is 1. The fourth-order valence-corrected chi connectivity index (χ4v) is 20.6. The summed E-state index contributed by atoms with van der Waals surface area (Å²) in [7, 11) is -3.84. The van der Waals surface area contributed by atoms with Crippen molar-refractivity contribution in [3.8, 4) is 0 Å². The Morgan fingerprint density at radius 1 is 0.821 bits per heavy atom. The SMILES string of the molecule is [SiH3]O[Si](CCCS)([SiH2]O[SiH](c1ccccc1)c1ccccc1)c1ccccc1. The third kappa shape index (κ3) is 5.44. The van der Waals surface area contributed by atoms with Crippen LogP contribution in [0.25, 0.3) is 0 Å². The monoisotopic (exact) mass is 456 g/mol. The summed E-state index contributed by atoms with van der Waals surface area (Å²) in [4.78, 5) is 0. The Hall–Kier alpha value is -1.20. The second-order valence-corrected chi connectivity index (χ2v) is 20.1. The summed E-state index contributed by atoms with van der Waals surface area (Å²) < 4.78 is 13.4. The van der Waals surface area contributed by atoms with Crippen LogP contribution in [0.3, 0.4) is 0 Å². The molecule has 0 aliphatic rings. The molecule has 3 aromatic carbocycles. The maximum absolute atomic E-state index is 6.93. The second-order valence-electron chi connectivity index (χ2n) is 6.90. The normalized spacial score (nSPS) is 13.9. The third-order valence-electron chi connectivity index (χ3n) is 5.12. The predicted molar refractivity (Wildman–Crippen MR) is 135 cm³/mol. The van der Waals surface area contributed by atoms with Gasteiger partial charge in [0.2, 0.25) is 16.9 Å². The zero-order valence-corrected chi connectivity index (χ0v) is 22.8. The van der Waals surface area contributed by atoms with E-state index in [9.17, 15) is 0 Å². The van der Waals surface area contributed by atoms with E-state index in [2.05, 4.69) is 104 Å². The molecule has 3 aromatic rings. The standard InChI is InChI=1S/C21H28O2SSi4/c24-17-10-18-28(22-25,21-15-8-3-9-16-21)26-23-27(19-11-4-1-5-12-19)20-13-6-2-7-14-20/h1-9,11-16,24,27H,10,17-18,26H2,25H3. The Bertz CT molecular complexity index is 784. The van der Waals surface area contributed by atoms with Gasteiger partial charge in [0, 0.05) is 0 Å². The molecule has 3 rings (SSSR count). The van der Waals surface area contributed by atoms with Gasteiger partial charge >= 0.3 is 0 Å². The number of benzene rings is 3. The first-order valence-electron chi connectivity index (χ1n) is 9.72. The minimum atomic E-state index is -2.03. The minimum Gasteiger partial charge on any atom is -0.461 e. The molecular weight excluding hydrogens is 429 g/mol. The fourth-order valence-electron chi connectivity index (χ4n) is 3.54. The average Bonchev–Trinajstić information content (AvgIpc) is 2.78. The van der Waals surface area contributed by atoms with Gasteiger partial charge in [-0.2, -0.15) is 12.6 Å². The van der Waals surface area contributed by atoms with Crippen molar-refractivity contribution in [3.05, 3.63) is 91.0 Å². The molecule has 0 amide bonds. The van der Waals surface area contributed by atoms with Gasteiger partial charge in [0.15, 0.2) is 9.28 Å². The van der Waals surface area contributed by atoms with Gasteiger partial charge in [-0.25, -0.2) is 0 Å². The number of hydrogen-bond acceptors (Lipinski definition) is 3. The molecule has 0 aromatic heterocycles. The summed E-state index contributed by atoms with van der Waals surface area (Å²) in [5.41, 5.74) is 0. The van der Waals surface area contributed by atoms with Crippen LogP contribution < -0.4 is 15.6 Å². The molecule has 0 N–H and O–H groups in total. The summed E-state index contributed by atoms with van der Waals surface area (Å²) in [6.45, 7) is 0. The molecule has 1 atom stereocenters. The van der Waals surface area contributed by atoms with E-state index in [0.29, 0.717) is 0 Å². The predicted octanol–water partition coefficient (Wildman–Crippen LogP) is 0.591. The van der Waals surface area contributed by atoms with Crippen molar-refractivity contribution >= 4 is 64.8 Å². The van der Waals surface area contributed by atoms with E-state index in [1.807, 2.05) is 0 Å². The summed E-state index contributed by atoms with van der Waals surface area (Å²) in [5.74, 6) is 0.902. The molecule has 7 heteroatoms. The summed E-state index contributed by atoms with van der Waals surface area (Å²) in [5, 5.41) is 4.09. The molecule has 146 valence electrons. The van der Waals surface area contributed by atoms with Gasteiger partial charge in [0.1, 0.15) is 10.5 Å². The van der Waals surface area contributed by atoms with Crippen molar-refractivity contribution in [2.75, 3.05) is 5.75 Å². The highest BCUT2D eigenvalue weighted by atomic mass is 32.1. The first-order valence-corrected chi connectivity index (χ1v) is 17.8. The molecule has 0 bridgehead atoms. The van der Waals surface area contributed by atoms with Crippen LogP contribution in [-0.4, -0.2) is 42.4 Å². The molecule has 0 saturated carbocycles. The molecule has 2 nitrogen and oxygen atoms in total. The number of hydrogen-bond donors (Lipinski definition) is 1. The fraction of sp³-hybridized carbons (Fsp3) is 0.143. The maximum atomic E-state index is 6.93. The van der Waals surface area contributed by atoms with Gasteiger partial charge in [-0.15, -0.1) is 0 Å². The summed E-state index contributed by atoms with van der Waals surface area (Å²) in [6.07, 6.45) is 1.09. The van der Waals surface area contributed by atoms with E-state index in [1.54, 1.807) is 0 Å². The van der Waals surface area contributed by atoms with Crippen LogP contribution in [0.4, 0.5) is 0 Å². The molecule has 1 unspecified atom stereocenters. The quantitative estimate of drug-likeness (QED) is 0.356. The van der Waals surface area contributed by atoms with Crippen molar-refractivity contribution in [1.82, 2.24) is 0 Å². The molecular formula is C21H28O2SSi4. The Morgan fingerprint density at radius 3 is 1.79 bits per heavy atom. The molecule has 28 heavy (non-hydrogen) atoms. The molecule has 0 heterocycles. The van der Waals surface area contributed by atoms with Gasteiger partial charge in [-0.05, 0) is 33.8 Å². The van der Waals surface area contributed by atoms with Crippen molar-refractivity contribution in [2.24, 2.45) is 0 Å². The lowest BCUT2D eigenvalue weighted by atomic mass is 10.4. The van der Waals surface area contributed by atoms with Crippen LogP contribution in [0.15, 0.2) is 91.0 Å². The zero-order chi connectivity index (χ0) is 19.7. The van der Waals surface area contributed by atoms with E-state index in [1.165, 1.54) is 15.6 Å². The van der Waals surface area contributed by atoms with E-state index >= 15 is 0 Å². The van der Waals surface area contributed by atoms with Crippen LogP contribution in [0, 0.1) is 0 Å². The molecule has 0 fully saturated rings. The van der Waals surface area contributed by atoms with Gasteiger partial charge in [-0.1, -0.05) is 91.0 Å². The smallest absolute Gasteiger partial charge is 0.228 e. The van der Waals surface area contributed by atoms with E-state index in [0.717, 1.165) is 28.7 Å². The summed E-state index contributed by atoms with van der Waals surface area (Å²) >= 11 is 4.47. The van der Waals surface area contributed by atoms with Crippen LogP contribution in [-0.2, 0) is 8.23 Å². The van der Waals surface area contributed by atoms with Crippen molar-refractivity contribution in [2.45, 2.75) is 12.5 Å². The minimum absolute atomic E-state index is 0.755. The Morgan fingerprint density at radius 2 is 1.32 bits per heavy atom. The Labute approximate surface area is 181 Å². The van der Waals surface area contributed by atoms with Crippen molar-refractivity contribution in [3.63, 3.8) is 0 Å². The summed E-state index contributed by atoms with van der Waals surface area (Å²) in [6, 6.07) is 33.5. The van der Waals surface area contributed by atoms with Crippen LogP contribution in [0.2, 0.25) is 6.04 Å². The lowest BCUT2D eigenvalue weighted by Crippen LogP contribution is -2.60. The average molecular weight is 457 g/mol. The molecule has 0 radical (unpaired) electrons. The largest absolute Gasteiger partial charge is 0.461 e. The van der Waals surface area contributed by atoms with Gasteiger partial charge in [0.05, 0.1) is 0 Å². The lowest BCUT2D eigenvalue weighted by molar-refractivity contribution is 0.595. The van der Waals surface area contributed by atoms with Gasteiger partial charge in [0.25, 0.3) is 0 Å². The molecule has 0 spiro atoms. The maximum Gasteiger partial charge on any atom is 0.228 e. The van der Waals surface area contributed by atoms with Crippen LogP contribution in [0.1, 0.15) is 6.42 Å². The first-order chi connectivity index (χ1) is 13.8. The second kappa shape index (κ2) is 11.1.